The average Bonchev–Trinajstić information content (AvgIpc) is 3.23. The van der Waals surface area contributed by atoms with E-state index in [1.807, 2.05) is 0 Å². The lowest BCUT2D eigenvalue weighted by Gasteiger charge is -2.24. The number of aromatic nitrogens is 4. The zero-order valence-electron chi connectivity index (χ0n) is 18.3. The molecule has 0 aromatic carbocycles. The van der Waals surface area contributed by atoms with Crippen LogP contribution in [0.15, 0.2) is 6.33 Å². The molecule has 0 spiro atoms. The van der Waals surface area contributed by atoms with Crippen LogP contribution in [0.25, 0.3) is 11.2 Å². The number of ether oxygens (including phenoxy) is 2. The molecule has 3 rings (SSSR count). The summed E-state index contributed by atoms with van der Waals surface area (Å²) < 4.78 is 44.4. The van der Waals surface area contributed by atoms with E-state index in [1.165, 1.54) is 31.9 Å². The number of methoxy groups -OCH3 is 1. The number of fused-ring (bicyclic) bond motifs is 1. The number of nitrogens with one attached hydrogen (secondary N) is 1. The Labute approximate surface area is 184 Å². The van der Waals surface area contributed by atoms with Crippen LogP contribution in [0.2, 0.25) is 0 Å². The minimum Gasteiger partial charge on any atom is -0.468 e. The van der Waals surface area contributed by atoms with E-state index in [1.54, 1.807) is 19.0 Å². The number of carbonyl (C=O) groups is 1. The van der Waals surface area contributed by atoms with Gasteiger partial charge < -0.3 is 29.7 Å². The summed E-state index contributed by atoms with van der Waals surface area (Å²) in [7, 11) is 1.81. The standard InChI is InChI=1S/C17H27FN7O6P/c1-8(14(27)29-5)23-32(28)30-6-9-11(26)17(2,18)15(31-9)25-7-20-10-12(24(3)4)21-16(19)22-13(10)25/h7-9,11,15,26,32H,6H2,1-5H3,(H,23,28)(H2,19,21,22)/t8-,9-,11-,15-,17-/m1/s1. The number of anilines is 2. The quantitative estimate of drug-likeness (QED) is 0.346. The molecule has 0 amide bonds. The lowest BCUT2D eigenvalue weighted by molar-refractivity contribution is -0.142. The summed E-state index contributed by atoms with van der Waals surface area (Å²) in [6.07, 6.45) is -2.74. The molecule has 4 N–H and O–H groups in total. The third-order valence-corrected chi connectivity index (χ3v) is 6.18. The first-order valence-electron chi connectivity index (χ1n) is 9.68. The number of esters is 1. The van der Waals surface area contributed by atoms with Crippen LogP contribution in [0.3, 0.4) is 0 Å². The maximum Gasteiger partial charge on any atom is 0.322 e. The third-order valence-electron chi connectivity index (χ3n) is 5.08. The second kappa shape index (κ2) is 9.24. The highest BCUT2D eigenvalue weighted by atomic mass is 31.1. The van der Waals surface area contributed by atoms with Crippen LogP contribution >= 0.6 is 8.18 Å². The normalized spacial score (nSPS) is 27.4. The monoisotopic (exact) mass is 475 g/mol. The molecule has 32 heavy (non-hydrogen) atoms. The zero-order valence-corrected chi connectivity index (χ0v) is 19.3. The molecule has 0 aliphatic carbocycles. The Morgan fingerprint density at radius 2 is 2.22 bits per heavy atom. The number of imidazole rings is 1. The smallest absolute Gasteiger partial charge is 0.322 e. The predicted molar refractivity (Wildman–Crippen MR) is 113 cm³/mol. The summed E-state index contributed by atoms with van der Waals surface area (Å²) in [4.78, 5) is 25.6. The first-order chi connectivity index (χ1) is 15.0. The Kier molecular flexibility index (Phi) is 7.00. The highest BCUT2D eigenvalue weighted by molar-refractivity contribution is 7.36. The van der Waals surface area contributed by atoms with E-state index in [0.717, 1.165) is 0 Å². The van der Waals surface area contributed by atoms with Crippen molar-refractivity contribution in [2.24, 2.45) is 0 Å². The second-order valence-corrected chi connectivity index (χ2v) is 8.89. The molecule has 15 heteroatoms. The number of carbonyl (C=O) groups excluding carboxylic acids is 1. The number of alkyl halides is 1. The van der Waals surface area contributed by atoms with E-state index in [2.05, 4.69) is 24.8 Å². The number of halogens is 1. The van der Waals surface area contributed by atoms with Crippen molar-refractivity contribution in [3.63, 3.8) is 0 Å². The molecule has 1 unspecified atom stereocenters. The van der Waals surface area contributed by atoms with Crippen molar-refractivity contribution in [1.82, 2.24) is 24.6 Å². The highest BCUT2D eigenvalue weighted by Crippen LogP contribution is 2.43. The van der Waals surface area contributed by atoms with Crippen LogP contribution in [0.5, 0.6) is 0 Å². The van der Waals surface area contributed by atoms with Gasteiger partial charge in [0, 0.05) is 14.1 Å². The molecule has 178 valence electrons. The SMILES string of the molecule is COC(=O)[C@@H](C)N[PH](=O)OC[C@H]1O[C@@H](n2cnc3c(N(C)C)nc(N)nc32)[C@](C)(F)[C@@H]1O. The molecule has 0 bridgehead atoms. The van der Waals surface area contributed by atoms with E-state index < -0.39 is 44.3 Å². The van der Waals surface area contributed by atoms with Gasteiger partial charge in [-0.25, -0.2) is 14.5 Å². The predicted octanol–water partition coefficient (Wildman–Crippen LogP) is 0.0184. The van der Waals surface area contributed by atoms with Gasteiger partial charge >= 0.3 is 5.97 Å². The third kappa shape index (κ3) is 4.55. The van der Waals surface area contributed by atoms with Crippen molar-refractivity contribution in [2.45, 2.75) is 44.0 Å². The number of nitrogens with zero attached hydrogens (tertiary/aromatic N) is 5. The van der Waals surface area contributed by atoms with Gasteiger partial charge in [0.1, 0.15) is 18.2 Å². The first kappa shape index (κ1) is 24.3. The molecule has 1 aliphatic heterocycles. The van der Waals surface area contributed by atoms with Crippen molar-refractivity contribution in [3.05, 3.63) is 6.33 Å². The van der Waals surface area contributed by atoms with E-state index in [4.69, 9.17) is 15.0 Å². The topological polar surface area (TPSA) is 167 Å². The van der Waals surface area contributed by atoms with Crippen LogP contribution in [-0.4, -0.2) is 82.3 Å². The molecule has 0 radical (unpaired) electrons. The van der Waals surface area contributed by atoms with Gasteiger partial charge in [-0.3, -0.25) is 13.9 Å². The van der Waals surface area contributed by atoms with Crippen LogP contribution < -0.4 is 15.7 Å². The van der Waals surface area contributed by atoms with Gasteiger partial charge in [-0.15, -0.1) is 0 Å². The summed E-state index contributed by atoms with van der Waals surface area (Å²) in [5.74, 6) is -0.216. The number of nitrogen functional groups attached to an aromatic ring is 1. The molecule has 3 heterocycles. The number of hydrogen-bond acceptors (Lipinski definition) is 11. The molecule has 6 atom stereocenters. The van der Waals surface area contributed by atoms with Gasteiger partial charge in [-0.1, -0.05) is 0 Å². The zero-order chi connectivity index (χ0) is 23.8. The molecular formula is C17H27FN7O6P. The van der Waals surface area contributed by atoms with Crippen LogP contribution in [0.1, 0.15) is 20.1 Å². The lowest BCUT2D eigenvalue weighted by Crippen LogP contribution is -2.40. The molecule has 2 aromatic heterocycles. The van der Waals surface area contributed by atoms with Crippen molar-refractivity contribution < 1.29 is 32.9 Å². The fraction of sp³-hybridized carbons (Fsp3) is 0.647. The lowest BCUT2D eigenvalue weighted by atomic mass is 9.98. The molecule has 0 saturated carbocycles. The van der Waals surface area contributed by atoms with Gasteiger partial charge in [0.25, 0.3) is 8.18 Å². The molecule has 1 fully saturated rings. The van der Waals surface area contributed by atoms with Crippen LogP contribution in [-0.2, 0) is 23.4 Å². The van der Waals surface area contributed by atoms with Gasteiger partial charge in [0.15, 0.2) is 28.9 Å². The maximum absolute atomic E-state index is 15.5. The summed E-state index contributed by atoms with van der Waals surface area (Å²) >= 11 is 0. The number of aliphatic hydroxyl groups is 1. The minimum atomic E-state index is -2.89. The van der Waals surface area contributed by atoms with E-state index in [9.17, 15) is 14.5 Å². The molecule has 1 saturated heterocycles. The summed E-state index contributed by atoms with van der Waals surface area (Å²) in [6.45, 7) is 2.24. The van der Waals surface area contributed by atoms with Crippen molar-refractivity contribution in [1.29, 1.82) is 0 Å². The van der Waals surface area contributed by atoms with Crippen LogP contribution in [0.4, 0.5) is 16.2 Å². The van der Waals surface area contributed by atoms with E-state index in [-0.39, 0.29) is 18.2 Å². The van der Waals surface area contributed by atoms with Gasteiger partial charge in [0.2, 0.25) is 5.95 Å². The fourth-order valence-corrected chi connectivity index (χ4v) is 4.23. The van der Waals surface area contributed by atoms with Crippen molar-refractivity contribution in [2.75, 3.05) is 38.4 Å². The largest absolute Gasteiger partial charge is 0.468 e. The first-order valence-corrected chi connectivity index (χ1v) is 11.0. The minimum absolute atomic E-state index is 0.0358. The summed E-state index contributed by atoms with van der Waals surface area (Å²) in [5.41, 5.74) is 4.14. The molecule has 1 aliphatic rings. The number of hydrogen-bond donors (Lipinski definition) is 3. The number of nitrogens with two attached hydrogens (primary N) is 1. The molecule has 2 aromatic rings. The Morgan fingerprint density at radius 1 is 1.53 bits per heavy atom. The maximum atomic E-state index is 15.5. The summed E-state index contributed by atoms with van der Waals surface area (Å²) in [5, 5.41) is 13.0. The Hall–Kier alpha value is -2.38. The van der Waals surface area contributed by atoms with Crippen molar-refractivity contribution >= 4 is 37.1 Å². The van der Waals surface area contributed by atoms with E-state index >= 15 is 4.39 Å². The second-order valence-electron chi connectivity index (χ2n) is 7.73. The van der Waals surface area contributed by atoms with Crippen LogP contribution in [0, 0.1) is 0 Å². The Bertz CT molecular complexity index is 1020. The molecular weight excluding hydrogens is 448 g/mol. The Morgan fingerprint density at radius 3 is 2.84 bits per heavy atom. The van der Waals surface area contributed by atoms with Gasteiger partial charge in [-0.2, -0.15) is 9.97 Å². The molecule has 13 nitrogen and oxygen atoms in total. The van der Waals surface area contributed by atoms with E-state index in [0.29, 0.717) is 11.3 Å². The van der Waals surface area contributed by atoms with Gasteiger partial charge in [0.05, 0.1) is 20.0 Å². The average molecular weight is 475 g/mol. The Balaban J connectivity index is 1.79. The van der Waals surface area contributed by atoms with Crippen molar-refractivity contribution in [3.8, 4) is 0 Å². The highest BCUT2D eigenvalue weighted by Gasteiger charge is 2.55. The summed E-state index contributed by atoms with van der Waals surface area (Å²) in [6, 6.07) is -0.867. The van der Waals surface area contributed by atoms with Gasteiger partial charge in [-0.05, 0) is 13.8 Å². The fourth-order valence-electron chi connectivity index (χ4n) is 3.36. The number of rotatable bonds is 8. The number of aliphatic hydroxyl groups excluding tert-OH is 1.